The van der Waals surface area contributed by atoms with Crippen LogP contribution in [-0.2, 0) is 11.2 Å². The normalized spacial score (nSPS) is 18.6. The van der Waals surface area contributed by atoms with Crippen LogP contribution in [0.15, 0.2) is 24.3 Å². The van der Waals surface area contributed by atoms with Gasteiger partial charge in [-0.05, 0) is 24.0 Å². The van der Waals surface area contributed by atoms with Gasteiger partial charge in [0.05, 0.1) is 6.04 Å². The summed E-state index contributed by atoms with van der Waals surface area (Å²) in [6.45, 7) is 0. The number of fused-ring (bicyclic) bond motifs is 1. The molecule has 3 heteroatoms. The van der Waals surface area contributed by atoms with Gasteiger partial charge in [-0.25, -0.2) is 0 Å². The summed E-state index contributed by atoms with van der Waals surface area (Å²) in [5, 5.41) is 3.80. The van der Waals surface area contributed by atoms with Crippen molar-refractivity contribution in [2.24, 2.45) is 0 Å². The molecule has 2 nitrogen and oxygen atoms in total. The largest absolute Gasteiger partial charge is 0.349 e. The molecule has 0 aromatic heterocycles. The topological polar surface area (TPSA) is 29.1 Å². The predicted octanol–water partition coefficient (Wildman–Crippen LogP) is 2.58. The molecule has 1 aliphatic rings. The van der Waals surface area contributed by atoms with Crippen LogP contribution in [0.5, 0.6) is 0 Å². The van der Waals surface area contributed by atoms with Crippen LogP contribution in [0.25, 0.3) is 0 Å². The number of rotatable bonds is 3. The number of amides is 1. The molecule has 0 unspecified atom stereocenters. The fourth-order valence-corrected chi connectivity index (χ4v) is 2.42. The molecule has 0 heterocycles. The van der Waals surface area contributed by atoms with Crippen molar-refractivity contribution in [3.63, 3.8) is 0 Å². The number of aryl methyl sites for hydroxylation is 1. The highest BCUT2D eigenvalue weighted by Crippen LogP contribution is 2.30. The van der Waals surface area contributed by atoms with Gasteiger partial charge in [0.1, 0.15) is 0 Å². The average Bonchev–Trinajstić information content (AvgIpc) is 2.62. The van der Waals surface area contributed by atoms with Crippen molar-refractivity contribution in [2.75, 3.05) is 5.33 Å². The SMILES string of the molecule is O=C(CCBr)N[C@H]1CCc2ccccc21. The summed E-state index contributed by atoms with van der Waals surface area (Å²) in [4.78, 5) is 11.5. The van der Waals surface area contributed by atoms with Gasteiger partial charge in [0, 0.05) is 11.8 Å². The standard InChI is InChI=1S/C12H14BrNO/c13-8-7-12(15)14-11-6-5-9-3-1-2-4-10(9)11/h1-4,11H,5-8H2,(H,14,15)/t11-/m0/s1. The van der Waals surface area contributed by atoms with Crippen LogP contribution >= 0.6 is 15.9 Å². The number of carbonyl (C=O) groups is 1. The second kappa shape index (κ2) is 4.79. The van der Waals surface area contributed by atoms with Crippen LogP contribution in [0, 0.1) is 0 Å². The number of nitrogens with one attached hydrogen (secondary N) is 1. The van der Waals surface area contributed by atoms with E-state index >= 15 is 0 Å². The Labute approximate surface area is 98.2 Å². The van der Waals surface area contributed by atoms with Gasteiger partial charge in [-0.3, -0.25) is 4.79 Å². The van der Waals surface area contributed by atoms with Crippen LogP contribution in [0.2, 0.25) is 0 Å². The predicted molar refractivity (Wildman–Crippen MR) is 64.1 cm³/mol. The molecule has 0 spiro atoms. The summed E-state index contributed by atoms with van der Waals surface area (Å²) in [6, 6.07) is 8.58. The Morgan fingerprint density at radius 2 is 2.27 bits per heavy atom. The summed E-state index contributed by atoms with van der Waals surface area (Å²) < 4.78 is 0. The van der Waals surface area contributed by atoms with Gasteiger partial charge >= 0.3 is 0 Å². The molecule has 0 radical (unpaired) electrons. The lowest BCUT2D eigenvalue weighted by Crippen LogP contribution is -2.27. The van der Waals surface area contributed by atoms with Gasteiger partial charge < -0.3 is 5.32 Å². The summed E-state index contributed by atoms with van der Waals surface area (Å²) in [7, 11) is 0. The maximum Gasteiger partial charge on any atom is 0.221 e. The summed E-state index contributed by atoms with van der Waals surface area (Å²) in [5.74, 6) is 0.133. The Bertz CT molecular complexity index is 364. The van der Waals surface area contributed by atoms with Crippen LogP contribution in [0.3, 0.4) is 0 Å². The molecule has 1 atom stereocenters. The average molecular weight is 268 g/mol. The molecule has 1 amide bonds. The molecular weight excluding hydrogens is 254 g/mol. The van der Waals surface area contributed by atoms with E-state index in [1.807, 2.05) is 6.07 Å². The van der Waals surface area contributed by atoms with Gasteiger partial charge in [-0.15, -0.1) is 0 Å². The lowest BCUT2D eigenvalue weighted by atomic mass is 10.1. The van der Waals surface area contributed by atoms with Crippen LogP contribution < -0.4 is 5.32 Å². The molecule has 0 bridgehead atoms. The van der Waals surface area contributed by atoms with Crippen molar-refractivity contribution in [1.29, 1.82) is 0 Å². The van der Waals surface area contributed by atoms with Gasteiger partial charge in [0.25, 0.3) is 0 Å². The monoisotopic (exact) mass is 267 g/mol. The van der Waals surface area contributed by atoms with Gasteiger partial charge in [0.15, 0.2) is 0 Å². The second-order valence-electron chi connectivity index (χ2n) is 3.80. The summed E-state index contributed by atoms with van der Waals surface area (Å²) >= 11 is 3.27. The zero-order valence-corrected chi connectivity index (χ0v) is 10.1. The first-order valence-corrected chi connectivity index (χ1v) is 6.36. The second-order valence-corrected chi connectivity index (χ2v) is 4.59. The lowest BCUT2D eigenvalue weighted by Gasteiger charge is -2.13. The Hall–Kier alpha value is -0.830. The van der Waals surface area contributed by atoms with E-state index in [4.69, 9.17) is 0 Å². The lowest BCUT2D eigenvalue weighted by molar-refractivity contribution is -0.121. The third-order valence-corrected chi connectivity index (χ3v) is 3.19. The van der Waals surface area contributed by atoms with E-state index in [1.54, 1.807) is 0 Å². The molecule has 0 saturated carbocycles. The quantitative estimate of drug-likeness (QED) is 0.839. The molecule has 1 N–H and O–H groups in total. The highest BCUT2D eigenvalue weighted by Gasteiger charge is 2.22. The number of halogens is 1. The zero-order chi connectivity index (χ0) is 10.7. The van der Waals surface area contributed by atoms with E-state index in [0.717, 1.165) is 18.2 Å². The summed E-state index contributed by atoms with van der Waals surface area (Å²) in [5.41, 5.74) is 2.67. The number of alkyl halides is 1. The van der Waals surface area contributed by atoms with Crippen LogP contribution in [0.1, 0.15) is 30.0 Å². The minimum absolute atomic E-state index is 0.133. The first kappa shape index (κ1) is 10.7. The van der Waals surface area contributed by atoms with Gasteiger partial charge in [-0.1, -0.05) is 40.2 Å². The van der Waals surface area contributed by atoms with E-state index in [-0.39, 0.29) is 11.9 Å². The molecule has 2 rings (SSSR count). The Balaban J connectivity index is 2.04. The van der Waals surface area contributed by atoms with E-state index in [0.29, 0.717) is 6.42 Å². The molecule has 1 aromatic carbocycles. The van der Waals surface area contributed by atoms with Crippen molar-refractivity contribution in [2.45, 2.75) is 25.3 Å². The number of hydrogen-bond donors (Lipinski definition) is 1. The van der Waals surface area contributed by atoms with Crippen molar-refractivity contribution in [3.8, 4) is 0 Å². The van der Waals surface area contributed by atoms with E-state index in [2.05, 4.69) is 39.4 Å². The van der Waals surface area contributed by atoms with Crippen LogP contribution in [0.4, 0.5) is 0 Å². The number of carbonyl (C=O) groups excluding carboxylic acids is 1. The van der Waals surface area contributed by atoms with Crippen molar-refractivity contribution in [1.82, 2.24) is 5.32 Å². The molecule has 0 fully saturated rings. The first-order valence-electron chi connectivity index (χ1n) is 5.24. The summed E-state index contributed by atoms with van der Waals surface area (Å²) in [6.07, 6.45) is 2.67. The third-order valence-electron chi connectivity index (χ3n) is 2.79. The first-order chi connectivity index (χ1) is 7.31. The molecular formula is C12H14BrNO. The molecule has 80 valence electrons. The maximum atomic E-state index is 11.5. The number of hydrogen-bond acceptors (Lipinski definition) is 1. The minimum atomic E-state index is 0.133. The Kier molecular flexibility index (Phi) is 3.41. The Morgan fingerprint density at radius 3 is 3.07 bits per heavy atom. The van der Waals surface area contributed by atoms with E-state index in [1.165, 1.54) is 11.1 Å². The van der Waals surface area contributed by atoms with Crippen molar-refractivity contribution >= 4 is 21.8 Å². The van der Waals surface area contributed by atoms with Crippen molar-refractivity contribution < 1.29 is 4.79 Å². The fraction of sp³-hybridized carbons (Fsp3) is 0.417. The molecule has 1 aliphatic carbocycles. The smallest absolute Gasteiger partial charge is 0.221 e. The van der Waals surface area contributed by atoms with Gasteiger partial charge in [-0.2, -0.15) is 0 Å². The minimum Gasteiger partial charge on any atom is -0.349 e. The highest BCUT2D eigenvalue weighted by atomic mass is 79.9. The third kappa shape index (κ3) is 2.40. The zero-order valence-electron chi connectivity index (χ0n) is 8.50. The molecule has 0 aliphatic heterocycles. The van der Waals surface area contributed by atoms with E-state index in [9.17, 15) is 4.79 Å². The molecule has 1 aromatic rings. The highest BCUT2D eigenvalue weighted by molar-refractivity contribution is 9.09. The maximum absolute atomic E-state index is 11.5. The van der Waals surface area contributed by atoms with Crippen LogP contribution in [-0.4, -0.2) is 11.2 Å². The fourth-order valence-electron chi connectivity index (χ4n) is 2.06. The molecule has 0 saturated heterocycles. The van der Waals surface area contributed by atoms with E-state index < -0.39 is 0 Å². The molecule has 15 heavy (non-hydrogen) atoms. The Morgan fingerprint density at radius 1 is 1.47 bits per heavy atom. The van der Waals surface area contributed by atoms with Crippen molar-refractivity contribution in [3.05, 3.63) is 35.4 Å². The van der Waals surface area contributed by atoms with Gasteiger partial charge in [0.2, 0.25) is 5.91 Å². The number of benzene rings is 1.